The van der Waals surface area contributed by atoms with Gasteiger partial charge in [-0.15, -0.1) is 0 Å². The predicted octanol–water partition coefficient (Wildman–Crippen LogP) is 6.90. The van der Waals surface area contributed by atoms with Crippen LogP contribution in [0.2, 0.25) is 5.02 Å². The minimum Gasteiger partial charge on any atom is -0.496 e. The Labute approximate surface area is 254 Å². The van der Waals surface area contributed by atoms with Gasteiger partial charge in [0.25, 0.3) is 0 Å². The molecule has 1 fully saturated rings. The average Bonchev–Trinajstić information content (AvgIpc) is 3.00. The zero-order valence-corrected chi connectivity index (χ0v) is 24.9. The molecule has 3 aromatic rings. The van der Waals surface area contributed by atoms with Gasteiger partial charge >= 0.3 is 12.2 Å². The van der Waals surface area contributed by atoms with E-state index in [-0.39, 0.29) is 28.3 Å². The Kier molecular flexibility index (Phi) is 9.22. The lowest BCUT2D eigenvalue weighted by Gasteiger charge is -2.38. The molecule has 0 radical (unpaired) electrons. The molecule has 5 rings (SSSR count). The van der Waals surface area contributed by atoms with E-state index in [4.69, 9.17) is 25.8 Å². The minimum absolute atomic E-state index is 0.0720. The lowest BCUT2D eigenvalue weighted by molar-refractivity contribution is 0.00563. The van der Waals surface area contributed by atoms with Gasteiger partial charge in [0, 0.05) is 42.0 Å². The second kappa shape index (κ2) is 13.0. The maximum absolute atomic E-state index is 15.0. The molecular weight excluding hydrogens is 579 g/mol. The molecule has 1 aromatic heterocycles. The van der Waals surface area contributed by atoms with Crippen molar-refractivity contribution < 1.29 is 33.3 Å². The number of ether oxygens (including phenoxy) is 3. The highest BCUT2D eigenvalue weighted by Gasteiger charge is 2.37. The second-order valence-corrected chi connectivity index (χ2v) is 11.1. The van der Waals surface area contributed by atoms with Crippen LogP contribution in [0.3, 0.4) is 0 Å². The van der Waals surface area contributed by atoms with Crippen molar-refractivity contribution in [1.82, 2.24) is 9.88 Å². The summed E-state index contributed by atoms with van der Waals surface area (Å²) in [6.07, 6.45) is 1.11. The third kappa shape index (κ3) is 6.47. The van der Waals surface area contributed by atoms with Gasteiger partial charge in [-0.3, -0.25) is 10.3 Å². The normalized spacial score (nSPS) is 22.2. The number of methoxy groups -OCH3 is 2. The molecule has 0 spiro atoms. The van der Waals surface area contributed by atoms with Gasteiger partial charge in [-0.05, 0) is 60.9 Å². The number of halogens is 2. The molecule has 3 heterocycles. The molecule has 4 atom stereocenters. The molecule has 228 valence electrons. The Bertz CT molecular complexity index is 1510. The molecule has 0 saturated carbocycles. The molecule has 2 amide bonds. The fraction of sp³-hybridized carbons (Fsp3) is 0.387. The first-order chi connectivity index (χ1) is 20.7. The minimum atomic E-state index is -0.878. The van der Waals surface area contributed by atoms with Crippen LogP contribution < -0.4 is 15.4 Å². The van der Waals surface area contributed by atoms with Gasteiger partial charge in [-0.25, -0.2) is 14.0 Å². The summed E-state index contributed by atoms with van der Waals surface area (Å²) in [5.41, 5.74) is 3.37. The molecule has 2 bridgehead atoms. The lowest BCUT2D eigenvalue weighted by atomic mass is 9.93. The number of hydrogen-bond donors (Lipinski definition) is 3. The van der Waals surface area contributed by atoms with E-state index in [1.807, 2.05) is 19.1 Å². The summed E-state index contributed by atoms with van der Waals surface area (Å²) in [5, 5.41) is 16.8. The fourth-order valence-electron chi connectivity index (χ4n) is 5.64. The smallest absolute Gasteiger partial charge is 0.411 e. The summed E-state index contributed by atoms with van der Waals surface area (Å²) < 4.78 is 30.9. The number of hydrogen-bond acceptors (Lipinski definition) is 8. The Hall–Kier alpha value is -4.09. The number of amides is 2. The summed E-state index contributed by atoms with van der Waals surface area (Å²) in [6, 6.07) is 11.6. The number of anilines is 2. The number of aromatic nitrogens is 1. The van der Waals surface area contributed by atoms with Crippen LogP contribution in [-0.2, 0) is 9.47 Å². The van der Waals surface area contributed by atoms with Crippen LogP contribution in [0.15, 0.2) is 48.7 Å². The van der Waals surface area contributed by atoms with E-state index in [0.29, 0.717) is 54.9 Å². The molecule has 10 nitrogen and oxygen atoms in total. The Morgan fingerprint density at radius 2 is 2.00 bits per heavy atom. The van der Waals surface area contributed by atoms with E-state index >= 15 is 4.39 Å². The highest BCUT2D eigenvalue weighted by molar-refractivity contribution is 6.30. The predicted molar refractivity (Wildman–Crippen MR) is 160 cm³/mol. The summed E-state index contributed by atoms with van der Waals surface area (Å²) >= 11 is 6.04. The molecule has 3 N–H and O–H groups in total. The number of pyridine rings is 1. The molecule has 0 aliphatic carbocycles. The van der Waals surface area contributed by atoms with Crippen LogP contribution in [0, 0.1) is 11.7 Å². The van der Waals surface area contributed by atoms with E-state index in [1.54, 1.807) is 35.4 Å². The average molecular weight is 613 g/mol. The van der Waals surface area contributed by atoms with E-state index in [2.05, 4.69) is 15.6 Å². The van der Waals surface area contributed by atoms with Crippen LogP contribution in [0.5, 0.6) is 5.75 Å². The number of cyclic esters (lactones) is 1. The summed E-state index contributed by atoms with van der Waals surface area (Å²) in [7, 11) is 2.71. The summed E-state index contributed by atoms with van der Waals surface area (Å²) in [5.74, 6) is -0.531. The van der Waals surface area contributed by atoms with Crippen molar-refractivity contribution in [3.63, 3.8) is 0 Å². The van der Waals surface area contributed by atoms with Crippen molar-refractivity contribution in [3.8, 4) is 17.0 Å². The van der Waals surface area contributed by atoms with E-state index < -0.39 is 30.3 Å². The highest BCUT2D eigenvalue weighted by Crippen LogP contribution is 2.41. The first-order valence-corrected chi connectivity index (χ1v) is 14.5. The Balaban J connectivity index is 1.48. The first-order valence-electron chi connectivity index (χ1n) is 14.1. The van der Waals surface area contributed by atoms with Crippen LogP contribution in [0.25, 0.3) is 11.3 Å². The van der Waals surface area contributed by atoms with Crippen molar-refractivity contribution in [3.05, 3.63) is 70.6 Å². The largest absolute Gasteiger partial charge is 0.496 e. The molecular formula is C31H34ClFN4O6. The topological polar surface area (TPSA) is 122 Å². The standard InChI is InChI=1S/C31H34ClFN4O6/c1-17-5-4-6-24(37-14-12-26(43-31(37)40)27-25(41-2)10-9-21(32)28(27)33)18-11-13-34-22(15-18)20-8-7-19(35-30(39)42-3)16-23(20)36-29(17)38/h7-11,13,15-17,24,26,29,36,38H,4-6,12,14H2,1-3H3,(H,35,39). The van der Waals surface area contributed by atoms with Crippen molar-refractivity contribution in [2.24, 2.45) is 5.92 Å². The zero-order chi connectivity index (χ0) is 30.7. The Morgan fingerprint density at radius 1 is 1.19 bits per heavy atom. The number of nitrogens with one attached hydrogen (secondary N) is 2. The van der Waals surface area contributed by atoms with E-state index in [0.717, 1.165) is 5.56 Å². The Morgan fingerprint density at radius 3 is 2.74 bits per heavy atom. The van der Waals surface area contributed by atoms with E-state index in [9.17, 15) is 14.7 Å². The maximum Gasteiger partial charge on any atom is 0.411 e. The van der Waals surface area contributed by atoms with Crippen LogP contribution >= 0.6 is 11.6 Å². The molecule has 43 heavy (non-hydrogen) atoms. The second-order valence-electron chi connectivity index (χ2n) is 10.7. The van der Waals surface area contributed by atoms with Gasteiger partial charge in [0.05, 0.1) is 36.5 Å². The molecule has 12 heteroatoms. The highest BCUT2D eigenvalue weighted by atomic mass is 35.5. The van der Waals surface area contributed by atoms with Crippen LogP contribution in [-0.4, -0.2) is 54.2 Å². The van der Waals surface area contributed by atoms with Gasteiger partial charge in [0.1, 0.15) is 18.1 Å². The molecule has 2 aromatic carbocycles. The molecule has 1 saturated heterocycles. The summed E-state index contributed by atoms with van der Waals surface area (Å²) in [4.78, 5) is 31.6. The van der Waals surface area contributed by atoms with Crippen molar-refractivity contribution in [2.75, 3.05) is 31.4 Å². The lowest BCUT2D eigenvalue weighted by Crippen LogP contribution is -2.42. The number of aliphatic hydroxyl groups excluding tert-OH is 1. The number of fused-ring (bicyclic) bond motifs is 4. The SMILES string of the molecule is COC(=O)Nc1ccc2c(c1)NC(O)C(C)CCCC(N1CCC(c3c(OC)ccc(Cl)c3F)OC1=O)c1ccnc-2c1. The monoisotopic (exact) mass is 612 g/mol. The number of rotatable bonds is 4. The number of nitrogens with zero attached hydrogens (tertiary/aromatic N) is 2. The summed E-state index contributed by atoms with van der Waals surface area (Å²) in [6.45, 7) is 2.26. The van der Waals surface area contributed by atoms with Gasteiger partial charge in [-0.2, -0.15) is 0 Å². The van der Waals surface area contributed by atoms with Gasteiger partial charge in [-0.1, -0.05) is 24.9 Å². The number of benzene rings is 2. The first kappa shape index (κ1) is 30.4. The van der Waals surface area contributed by atoms with E-state index in [1.165, 1.54) is 20.3 Å². The van der Waals surface area contributed by atoms with Crippen molar-refractivity contribution >= 4 is 35.2 Å². The number of carbonyl (C=O) groups is 2. The van der Waals surface area contributed by atoms with Crippen LogP contribution in [0.1, 0.15) is 55.9 Å². The van der Waals surface area contributed by atoms with Crippen LogP contribution in [0.4, 0.5) is 25.4 Å². The third-order valence-corrected chi connectivity index (χ3v) is 8.29. The van der Waals surface area contributed by atoms with Gasteiger partial charge in [0.2, 0.25) is 0 Å². The van der Waals surface area contributed by atoms with Gasteiger partial charge in [0.15, 0.2) is 5.82 Å². The molecule has 2 aliphatic rings. The maximum atomic E-state index is 15.0. The molecule has 2 aliphatic heterocycles. The fourth-order valence-corrected chi connectivity index (χ4v) is 5.80. The number of aliphatic hydroxyl groups is 1. The van der Waals surface area contributed by atoms with Crippen molar-refractivity contribution in [1.29, 1.82) is 0 Å². The number of carbonyl (C=O) groups excluding carboxylic acids is 2. The molecule has 4 unspecified atom stereocenters. The quantitative estimate of drug-likeness (QED) is 0.291. The van der Waals surface area contributed by atoms with Crippen molar-refractivity contribution in [2.45, 2.75) is 51.0 Å². The third-order valence-electron chi connectivity index (χ3n) is 8.00. The zero-order valence-electron chi connectivity index (χ0n) is 24.1. The van der Waals surface area contributed by atoms with Gasteiger partial charge < -0.3 is 29.5 Å².